The molecule has 0 aliphatic carbocycles. The van der Waals surface area contributed by atoms with E-state index in [1.165, 1.54) is 0 Å². The molecule has 0 saturated heterocycles. The molecule has 0 bridgehead atoms. The second-order valence-electron chi connectivity index (χ2n) is 5.83. The summed E-state index contributed by atoms with van der Waals surface area (Å²) in [6, 6.07) is 9.97. The van der Waals surface area contributed by atoms with Crippen molar-refractivity contribution >= 4 is 16.6 Å². The van der Waals surface area contributed by atoms with Gasteiger partial charge < -0.3 is 9.88 Å². The molecule has 0 saturated carbocycles. The van der Waals surface area contributed by atoms with Gasteiger partial charge in [0.25, 0.3) is 0 Å². The third-order valence-electron chi connectivity index (χ3n) is 3.66. The van der Waals surface area contributed by atoms with Crippen LogP contribution in [0.4, 0.5) is 5.82 Å². The fourth-order valence-corrected chi connectivity index (χ4v) is 2.70. The van der Waals surface area contributed by atoms with Gasteiger partial charge in [-0.3, -0.25) is 5.41 Å². The van der Waals surface area contributed by atoms with Crippen molar-refractivity contribution in [2.75, 3.05) is 11.9 Å². The number of benzene rings is 1. The van der Waals surface area contributed by atoms with E-state index < -0.39 is 0 Å². The van der Waals surface area contributed by atoms with Gasteiger partial charge in [0.1, 0.15) is 22.9 Å². The smallest absolute Gasteiger partial charge is 0.145 e. The first-order valence-electron chi connectivity index (χ1n) is 6.38. The number of nitrogens with one attached hydrogen (secondary N) is 2. The lowest BCUT2D eigenvalue weighted by Gasteiger charge is -2.35. The van der Waals surface area contributed by atoms with Crippen molar-refractivity contribution in [2.45, 2.75) is 20.4 Å². The molecule has 1 aromatic carbocycles. The van der Waals surface area contributed by atoms with Gasteiger partial charge in [-0.05, 0) is 0 Å². The monoisotopic (exact) mass is 252 g/mol. The van der Waals surface area contributed by atoms with Gasteiger partial charge in [0, 0.05) is 29.3 Å². The molecule has 19 heavy (non-hydrogen) atoms. The molecule has 96 valence electrons. The van der Waals surface area contributed by atoms with E-state index in [1.54, 1.807) is 0 Å². The highest BCUT2D eigenvalue weighted by molar-refractivity contribution is 5.95. The third-order valence-corrected chi connectivity index (χ3v) is 3.66. The zero-order chi connectivity index (χ0) is 13.6. The first-order chi connectivity index (χ1) is 9.03. The minimum atomic E-state index is 0.0860. The first kappa shape index (κ1) is 11.8. The minimum Gasteiger partial charge on any atom is -0.370 e. The van der Waals surface area contributed by atoms with Gasteiger partial charge in [-0.15, -0.1) is 0 Å². The summed E-state index contributed by atoms with van der Waals surface area (Å²) in [5.41, 5.74) is 0.846. The normalized spacial score (nSPS) is 16.5. The highest BCUT2D eigenvalue weighted by Gasteiger charge is 2.27. The molecule has 0 spiro atoms. The molecular weight excluding hydrogens is 236 g/mol. The highest BCUT2D eigenvalue weighted by atomic mass is 15.2. The molecule has 0 atom stereocenters. The fraction of sp³-hybridized carbons (Fsp3) is 0.333. The number of nitrogens with zero attached hydrogens (tertiary/aromatic N) is 2. The van der Waals surface area contributed by atoms with Gasteiger partial charge in [-0.2, -0.15) is 5.26 Å². The van der Waals surface area contributed by atoms with Crippen LogP contribution in [0.3, 0.4) is 0 Å². The zero-order valence-electron chi connectivity index (χ0n) is 11.1. The van der Waals surface area contributed by atoms with Crippen LogP contribution in [0.25, 0.3) is 10.8 Å². The van der Waals surface area contributed by atoms with Crippen molar-refractivity contribution in [2.24, 2.45) is 5.41 Å². The number of anilines is 1. The number of pyridine rings is 1. The second kappa shape index (κ2) is 3.86. The molecule has 2 aromatic rings. The molecule has 1 aromatic heterocycles. The van der Waals surface area contributed by atoms with E-state index in [2.05, 4.69) is 25.2 Å². The van der Waals surface area contributed by atoms with Crippen LogP contribution < -0.4 is 10.8 Å². The Hall–Kier alpha value is -2.28. The number of rotatable bonds is 0. The Morgan fingerprint density at radius 3 is 2.68 bits per heavy atom. The van der Waals surface area contributed by atoms with Gasteiger partial charge in [0.05, 0.1) is 0 Å². The minimum absolute atomic E-state index is 0.0860. The lowest BCUT2D eigenvalue weighted by Crippen LogP contribution is -2.40. The lowest BCUT2D eigenvalue weighted by atomic mass is 9.91. The Balaban J connectivity index is 2.44. The topological polar surface area (TPSA) is 64.6 Å². The van der Waals surface area contributed by atoms with E-state index in [-0.39, 0.29) is 5.41 Å². The molecule has 2 N–H and O–H groups in total. The van der Waals surface area contributed by atoms with Gasteiger partial charge in [0.2, 0.25) is 0 Å². The summed E-state index contributed by atoms with van der Waals surface area (Å²) < 4.78 is 1.92. The van der Waals surface area contributed by atoms with Crippen LogP contribution in [0.1, 0.15) is 19.4 Å². The van der Waals surface area contributed by atoms with Crippen LogP contribution in [-0.2, 0) is 6.54 Å². The predicted octanol–water partition coefficient (Wildman–Crippen LogP) is 2.44. The molecule has 1 aliphatic rings. The van der Waals surface area contributed by atoms with Crippen LogP contribution in [-0.4, -0.2) is 11.1 Å². The fourth-order valence-electron chi connectivity index (χ4n) is 2.70. The molecule has 1 aliphatic heterocycles. The number of fused-ring (bicyclic) bond motifs is 3. The van der Waals surface area contributed by atoms with Gasteiger partial charge in [-0.1, -0.05) is 38.1 Å². The zero-order valence-corrected chi connectivity index (χ0v) is 11.1. The Morgan fingerprint density at radius 1 is 1.32 bits per heavy atom. The summed E-state index contributed by atoms with van der Waals surface area (Å²) in [5, 5.41) is 22.9. The molecule has 0 amide bonds. The Labute approximate surface area is 111 Å². The Morgan fingerprint density at radius 2 is 2.00 bits per heavy atom. The molecule has 2 heterocycles. The molecular formula is C15H16N4. The quantitative estimate of drug-likeness (QED) is 0.756. The van der Waals surface area contributed by atoms with Crippen LogP contribution >= 0.6 is 0 Å². The summed E-state index contributed by atoms with van der Waals surface area (Å²) >= 11 is 0. The standard InChI is InChI=1S/C15H16N4/c1-15(2)8-18-14-11-6-4-3-5-10(11)12(7-16)13(17)19(14)9-15/h3-6,17-18H,8-9H2,1-2H3. The van der Waals surface area contributed by atoms with E-state index in [4.69, 9.17) is 5.41 Å². The van der Waals surface area contributed by atoms with Crippen molar-refractivity contribution in [1.29, 1.82) is 10.7 Å². The molecule has 3 rings (SSSR count). The molecule has 0 radical (unpaired) electrons. The van der Waals surface area contributed by atoms with Crippen molar-refractivity contribution in [1.82, 2.24) is 4.57 Å². The average Bonchev–Trinajstić information content (AvgIpc) is 2.39. The van der Waals surface area contributed by atoms with Crippen molar-refractivity contribution in [3.05, 3.63) is 35.3 Å². The van der Waals surface area contributed by atoms with E-state index in [0.29, 0.717) is 11.1 Å². The van der Waals surface area contributed by atoms with E-state index >= 15 is 0 Å². The third kappa shape index (κ3) is 1.70. The Bertz CT molecular complexity index is 762. The number of aromatic nitrogens is 1. The van der Waals surface area contributed by atoms with Gasteiger partial charge in [-0.25, -0.2) is 0 Å². The Kier molecular flexibility index (Phi) is 2.39. The maximum absolute atomic E-state index is 9.34. The van der Waals surface area contributed by atoms with Crippen molar-refractivity contribution < 1.29 is 0 Å². The number of hydrogen-bond donors (Lipinski definition) is 2. The van der Waals surface area contributed by atoms with Crippen LogP contribution in [0.2, 0.25) is 0 Å². The lowest BCUT2D eigenvalue weighted by molar-refractivity contribution is 0.304. The predicted molar refractivity (Wildman–Crippen MR) is 74.8 cm³/mol. The summed E-state index contributed by atoms with van der Waals surface area (Å²) in [7, 11) is 0. The summed E-state index contributed by atoms with van der Waals surface area (Å²) in [5.74, 6) is 0.957. The molecule has 0 fully saturated rings. The number of hydrogen-bond acceptors (Lipinski definition) is 3. The van der Waals surface area contributed by atoms with E-state index in [9.17, 15) is 5.26 Å². The SMILES string of the molecule is CC1(C)CNc2c3ccccc3c(C#N)c(=N)n2C1. The largest absolute Gasteiger partial charge is 0.370 e. The first-order valence-corrected chi connectivity index (χ1v) is 6.38. The maximum Gasteiger partial charge on any atom is 0.145 e. The van der Waals surface area contributed by atoms with E-state index in [0.717, 1.165) is 29.7 Å². The number of nitriles is 1. The van der Waals surface area contributed by atoms with Crippen LogP contribution in [0.15, 0.2) is 24.3 Å². The molecule has 4 heteroatoms. The molecule has 4 nitrogen and oxygen atoms in total. The van der Waals surface area contributed by atoms with Gasteiger partial charge in [0.15, 0.2) is 0 Å². The van der Waals surface area contributed by atoms with Crippen molar-refractivity contribution in [3.63, 3.8) is 0 Å². The summed E-state index contributed by atoms with van der Waals surface area (Å²) in [6.45, 7) is 5.96. The molecule has 0 unspecified atom stereocenters. The van der Waals surface area contributed by atoms with E-state index in [1.807, 2.05) is 28.8 Å². The second-order valence-corrected chi connectivity index (χ2v) is 5.83. The summed E-state index contributed by atoms with van der Waals surface area (Å²) in [4.78, 5) is 0. The van der Waals surface area contributed by atoms with Gasteiger partial charge >= 0.3 is 0 Å². The average molecular weight is 252 g/mol. The summed E-state index contributed by atoms with van der Waals surface area (Å²) in [6.07, 6.45) is 0. The highest BCUT2D eigenvalue weighted by Crippen LogP contribution is 2.31. The maximum atomic E-state index is 9.34. The van der Waals surface area contributed by atoms with Crippen LogP contribution in [0, 0.1) is 22.2 Å². The van der Waals surface area contributed by atoms with Crippen LogP contribution in [0.5, 0.6) is 0 Å². The van der Waals surface area contributed by atoms with Crippen molar-refractivity contribution in [3.8, 4) is 6.07 Å².